The number of hydrogen-bond donors (Lipinski definition) is 8. The monoisotopic (exact) mass is 999 g/mol. The lowest BCUT2D eigenvalue weighted by Gasteiger charge is -2.20. The van der Waals surface area contributed by atoms with E-state index in [1.54, 1.807) is 62.3 Å². The van der Waals surface area contributed by atoms with Crippen molar-refractivity contribution in [3.05, 3.63) is 71.4 Å². The summed E-state index contributed by atoms with van der Waals surface area (Å²) in [6, 6.07) is 17.1. The molecule has 1 aromatic heterocycles. The number of hydrogen-bond acceptors (Lipinski definition) is 12. The quantitative estimate of drug-likeness (QED) is 0.106. The molecule has 6 amide bonds. The number of likely N-dealkylation sites (tertiary alicyclic amines) is 2. The van der Waals surface area contributed by atoms with Crippen LogP contribution in [0, 0.1) is 6.92 Å². The molecule has 3 atom stereocenters. The number of fused-ring (bicyclic) bond motifs is 1. The maximum atomic E-state index is 12.1. The average molecular weight is 1000 g/mol. The van der Waals surface area contributed by atoms with Gasteiger partial charge in [-0.25, -0.2) is 14.4 Å². The molecule has 3 saturated heterocycles. The number of aryl methyl sites for hydroxylation is 1. The fraction of sp³-hybridized carbons (Fsp3) is 0.600. The molecule has 3 aliphatic rings. The number of benzene rings is 2. The van der Waals surface area contributed by atoms with E-state index in [0.717, 1.165) is 77.1 Å². The van der Waals surface area contributed by atoms with Crippen LogP contribution in [-0.2, 0) is 41.7 Å². The lowest BCUT2D eigenvalue weighted by Crippen LogP contribution is -2.44. The highest BCUT2D eigenvalue weighted by Gasteiger charge is 2.27. The molecular formula is C50H79ClN10O9. The third-order valence-electron chi connectivity index (χ3n) is 10.6. The van der Waals surface area contributed by atoms with E-state index in [-0.39, 0.29) is 67.9 Å². The van der Waals surface area contributed by atoms with Crippen LogP contribution in [0.4, 0.5) is 14.4 Å². The first-order valence-corrected chi connectivity index (χ1v) is 23.9. The Labute approximate surface area is 419 Å². The van der Waals surface area contributed by atoms with Gasteiger partial charge >= 0.3 is 18.3 Å². The van der Waals surface area contributed by atoms with Crippen molar-refractivity contribution in [3.8, 4) is 0 Å². The third-order valence-corrected chi connectivity index (χ3v) is 10.6. The van der Waals surface area contributed by atoms with Crippen molar-refractivity contribution < 1.29 is 43.0 Å². The average Bonchev–Trinajstić information content (AvgIpc) is 4.08. The number of aromatic amines is 1. The molecule has 0 bridgehead atoms. The van der Waals surface area contributed by atoms with Gasteiger partial charge in [0.1, 0.15) is 36.4 Å². The second-order valence-electron chi connectivity index (χ2n) is 20.7. The molecule has 0 spiro atoms. The number of aromatic nitrogens is 1. The van der Waals surface area contributed by atoms with E-state index in [2.05, 4.69) is 95.5 Å². The molecule has 0 unspecified atom stereocenters. The van der Waals surface area contributed by atoms with Crippen LogP contribution in [-0.4, -0.2) is 145 Å². The minimum absolute atomic E-state index is 0. The number of nitrogens with zero attached hydrogens (tertiary/aromatic N) is 2. The van der Waals surface area contributed by atoms with E-state index in [4.69, 9.17) is 14.2 Å². The van der Waals surface area contributed by atoms with Crippen molar-refractivity contribution in [2.45, 2.75) is 137 Å². The van der Waals surface area contributed by atoms with E-state index >= 15 is 0 Å². The largest absolute Gasteiger partial charge is 0.444 e. The van der Waals surface area contributed by atoms with Crippen LogP contribution in [0.2, 0.25) is 0 Å². The van der Waals surface area contributed by atoms with Gasteiger partial charge in [-0.05, 0) is 118 Å². The summed E-state index contributed by atoms with van der Waals surface area (Å²) in [4.78, 5) is 77.9. The first-order valence-electron chi connectivity index (χ1n) is 23.9. The Kier molecular flexibility index (Phi) is 23.2. The molecule has 3 aromatic rings. The molecule has 4 heterocycles. The summed E-state index contributed by atoms with van der Waals surface area (Å²) in [5.41, 5.74) is 3.26. The Morgan fingerprint density at radius 3 is 1.51 bits per heavy atom. The van der Waals surface area contributed by atoms with Gasteiger partial charge in [0.2, 0.25) is 17.7 Å². The third kappa shape index (κ3) is 23.8. The van der Waals surface area contributed by atoms with Gasteiger partial charge in [0.05, 0.1) is 0 Å². The van der Waals surface area contributed by atoms with Gasteiger partial charge in [0.15, 0.2) is 0 Å². The summed E-state index contributed by atoms with van der Waals surface area (Å²) >= 11 is 0. The van der Waals surface area contributed by atoms with Crippen LogP contribution >= 0.6 is 12.4 Å². The van der Waals surface area contributed by atoms with Crippen molar-refractivity contribution in [3.63, 3.8) is 0 Å². The number of halogens is 1. The maximum Gasteiger partial charge on any atom is 0.408 e. The van der Waals surface area contributed by atoms with E-state index in [0.29, 0.717) is 0 Å². The lowest BCUT2D eigenvalue weighted by atomic mass is 10.1. The topological polar surface area (TPSA) is 237 Å². The van der Waals surface area contributed by atoms with Gasteiger partial charge in [-0.15, -0.1) is 12.4 Å². The number of rotatable bonds is 13. The van der Waals surface area contributed by atoms with Crippen molar-refractivity contribution in [1.29, 1.82) is 0 Å². The molecule has 3 fully saturated rings. The van der Waals surface area contributed by atoms with Crippen LogP contribution in [0.5, 0.6) is 0 Å². The Bertz CT molecular complexity index is 2150. The molecular weight excluding hydrogens is 920 g/mol. The van der Waals surface area contributed by atoms with Crippen molar-refractivity contribution in [2.24, 2.45) is 0 Å². The number of H-pyrrole nitrogens is 1. The molecule has 20 heteroatoms. The van der Waals surface area contributed by atoms with Gasteiger partial charge < -0.3 is 56.4 Å². The first-order chi connectivity index (χ1) is 32.4. The molecule has 70 heavy (non-hydrogen) atoms. The molecule has 390 valence electrons. The number of alkyl carbamates (subject to hydrolysis) is 3. The van der Waals surface area contributed by atoms with Crippen molar-refractivity contribution in [2.75, 3.05) is 58.9 Å². The molecule has 8 N–H and O–H groups in total. The normalized spacial score (nSPS) is 18.1. The minimum atomic E-state index is -0.578. The molecule has 19 nitrogen and oxygen atoms in total. The molecule has 3 aliphatic heterocycles. The maximum absolute atomic E-state index is 12.1. The number of carbonyl (C=O) groups is 6. The molecule has 0 radical (unpaired) electrons. The second kappa shape index (κ2) is 27.7. The standard InChI is InChI=1S/C21H30N4O3.C18H27N3O3.C11H21N3O3.ClH/c1-14-5-6-17-15(10-22-18(17)9-14)12-25-8-7-16(13-25)24-19(26)11-23-20(27)28-21(2,3)4;1-18(2,3)24-17(23)19-11-16(22)20-15-9-10-21(13-15)12-14-7-5-4-6-8-14;1-11(2,3)17-10(16)13-7-9(15)14-8-4-5-12-6-8;/h5-6,9-10,16,22H,7-8,11-13H2,1-4H3,(H,23,27)(H,24,26);4-8,15H,9-13H2,1-3H3,(H,19,23)(H,20,22);8,12H,4-7H2,1-3H3,(H,13,16)(H,14,15);1H/t16-;15-;8-;/m111./s1. The Balaban J connectivity index is 0.000000284. The minimum Gasteiger partial charge on any atom is -0.444 e. The van der Waals surface area contributed by atoms with E-state index < -0.39 is 35.1 Å². The fourth-order valence-electron chi connectivity index (χ4n) is 7.72. The highest BCUT2D eigenvalue weighted by atomic mass is 35.5. The summed E-state index contributed by atoms with van der Waals surface area (Å²) in [5, 5.41) is 20.6. The lowest BCUT2D eigenvalue weighted by molar-refractivity contribution is -0.121. The first kappa shape index (κ1) is 58.7. The molecule has 0 saturated carbocycles. The van der Waals surface area contributed by atoms with Gasteiger partial charge in [0, 0.05) is 81.0 Å². The number of amides is 6. The zero-order valence-electron chi connectivity index (χ0n) is 42.8. The van der Waals surface area contributed by atoms with E-state index in [1.165, 1.54) is 22.1 Å². The second-order valence-corrected chi connectivity index (χ2v) is 20.7. The smallest absolute Gasteiger partial charge is 0.408 e. The van der Waals surface area contributed by atoms with Gasteiger partial charge in [-0.3, -0.25) is 24.2 Å². The highest BCUT2D eigenvalue weighted by molar-refractivity contribution is 5.86. The summed E-state index contributed by atoms with van der Waals surface area (Å²) < 4.78 is 15.3. The van der Waals surface area contributed by atoms with Gasteiger partial charge in [0.25, 0.3) is 0 Å². The van der Waals surface area contributed by atoms with Crippen LogP contribution < -0.4 is 37.2 Å². The predicted molar refractivity (Wildman–Crippen MR) is 273 cm³/mol. The van der Waals surface area contributed by atoms with Crippen molar-refractivity contribution in [1.82, 2.24) is 52.0 Å². The molecule has 0 aliphatic carbocycles. The Hall–Kier alpha value is -5.63. The van der Waals surface area contributed by atoms with Crippen molar-refractivity contribution >= 4 is 59.3 Å². The number of carbonyl (C=O) groups excluding carboxylic acids is 6. The Morgan fingerprint density at radius 1 is 0.614 bits per heavy atom. The van der Waals surface area contributed by atoms with E-state index in [9.17, 15) is 28.8 Å². The molecule has 2 aromatic carbocycles. The number of nitrogens with one attached hydrogen (secondary N) is 8. The van der Waals surface area contributed by atoms with E-state index in [1.807, 2.05) is 18.2 Å². The zero-order valence-corrected chi connectivity index (χ0v) is 43.6. The summed E-state index contributed by atoms with van der Waals surface area (Å²) in [6.45, 7) is 24.9. The van der Waals surface area contributed by atoms with Crippen LogP contribution in [0.25, 0.3) is 10.9 Å². The SMILES string of the molecule is CC(C)(C)OC(=O)NCC(=O)N[C@@H]1CCN(Cc2ccccc2)C1.CC(C)(C)OC(=O)NCC(=O)N[C@@H]1CCNC1.Cc1ccc2c(CN3CC[C@@H](NC(=O)CNC(=O)OC(C)(C)C)C3)c[nH]c2c1.Cl. The highest BCUT2D eigenvalue weighted by Crippen LogP contribution is 2.23. The summed E-state index contributed by atoms with van der Waals surface area (Å²) in [6.07, 6.45) is 3.10. The Morgan fingerprint density at radius 2 is 1.07 bits per heavy atom. The predicted octanol–water partition coefficient (Wildman–Crippen LogP) is 5.00. The summed E-state index contributed by atoms with van der Waals surface area (Å²) in [7, 11) is 0. The zero-order chi connectivity index (χ0) is 50.8. The summed E-state index contributed by atoms with van der Waals surface area (Å²) in [5.74, 6) is -0.572. The van der Waals surface area contributed by atoms with Gasteiger partial charge in [-0.1, -0.05) is 42.5 Å². The fourth-order valence-corrected chi connectivity index (χ4v) is 7.72. The van der Waals surface area contributed by atoms with Crippen LogP contribution in [0.1, 0.15) is 98.3 Å². The number of ether oxygens (including phenoxy) is 3. The van der Waals surface area contributed by atoms with Gasteiger partial charge in [-0.2, -0.15) is 0 Å². The van der Waals surface area contributed by atoms with Crippen LogP contribution in [0.3, 0.4) is 0 Å². The van der Waals surface area contributed by atoms with Crippen LogP contribution in [0.15, 0.2) is 54.7 Å². The molecule has 6 rings (SSSR count).